The minimum Gasteiger partial charge on any atom is -0.348 e. The zero-order chi connectivity index (χ0) is 20.9. The molecule has 0 saturated carbocycles. The normalized spacial score (nSPS) is 18.5. The molecule has 1 aliphatic heterocycles. The van der Waals surface area contributed by atoms with Crippen LogP contribution in [0, 0.1) is 0 Å². The summed E-state index contributed by atoms with van der Waals surface area (Å²) in [5.74, 6) is -1.01. The first-order valence-corrected chi connectivity index (χ1v) is 10.7. The van der Waals surface area contributed by atoms with Crippen LogP contribution in [0.3, 0.4) is 0 Å². The van der Waals surface area contributed by atoms with Gasteiger partial charge in [0.25, 0.3) is 11.8 Å². The van der Waals surface area contributed by atoms with Crippen LogP contribution in [0.4, 0.5) is 0 Å². The number of allylic oxidation sites excluding steroid dienone is 1. The van der Waals surface area contributed by atoms with E-state index in [1.807, 2.05) is 13.0 Å². The molecule has 6 nitrogen and oxygen atoms in total. The summed E-state index contributed by atoms with van der Waals surface area (Å²) in [7, 11) is 0. The molecule has 2 aliphatic carbocycles. The minimum atomic E-state index is -0.370. The highest BCUT2D eigenvalue weighted by atomic mass is 35.5. The number of aromatic amines is 1. The van der Waals surface area contributed by atoms with E-state index in [9.17, 15) is 19.2 Å². The molecule has 0 saturated heterocycles. The lowest BCUT2D eigenvalue weighted by Crippen LogP contribution is -2.48. The lowest BCUT2D eigenvalue weighted by Gasteiger charge is -2.17. The molecular weight excluding hydrogens is 412 g/mol. The number of pyridine rings is 1. The van der Waals surface area contributed by atoms with Crippen molar-refractivity contribution in [1.82, 2.24) is 9.88 Å². The number of halogens is 1. The maximum atomic E-state index is 13.0. The molecule has 150 valence electrons. The number of hydrogen-bond donors (Lipinski definition) is 1. The summed E-state index contributed by atoms with van der Waals surface area (Å²) in [6.45, 7) is 3.20. The molecule has 0 aromatic carbocycles. The molecule has 2 heterocycles. The Morgan fingerprint density at radius 3 is 2.66 bits per heavy atom. The van der Waals surface area contributed by atoms with Gasteiger partial charge in [0.15, 0.2) is 5.78 Å². The number of nitrogens with one attached hydrogen (secondary N) is 1. The van der Waals surface area contributed by atoms with Crippen molar-refractivity contribution in [1.29, 1.82) is 0 Å². The van der Waals surface area contributed by atoms with Crippen molar-refractivity contribution in [3.8, 4) is 0 Å². The number of carbonyl (C=O) groups is 3. The van der Waals surface area contributed by atoms with Crippen molar-refractivity contribution >= 4 is 51.6 Å². The summed E-state index contributed by atoms with van der Waals surface area (Å²) in [5, 5.41) is 1.84. The monoisotopic (exact) mass is 430 g/mol. The van der Waals surface area contributed by atoms with Crippen molar-refractivity contribution < 1.29 is 14.4 Å². The van der Waals surface area contributed by atoms with E-state index in [0.717, 1.165) is 28.7 Å². The number of aromatic nitrogens is 1. The Hall–Kier alpha value is -2.38. The second kappa shape index (κ2) is 7.46. The average Bonchev–Trinajstić information content (AvgIpc) is 2.93. The predicted molar refractivity (Wildman–Crippen MR) is 112 cm³/mol. The number of amides is 2. The van der Waals surface area contributed by atoms with E-state index in [4.69, 9.17) is 11.6 Å². The maximum absolute atomic E-state index is 13.0. The molecule has 0 unspecified atom stereocenters. The van der Waals surface area contributed by atoms with Gasteiger partial charge < -0.3 is 4.98 Å². The van der Waals surface area contributed by atoms with Crippen LogP contribution < -0.4 is 16.0 Å². The molecule has 0 fully saturated rings. The number of imide groups is 1. The minimum absolute atomic E-state index is 0.00777. The van der Waals surface area contributed by atoms with E-state index in [-0.39, 0.29) is 34.5 Å². The molecule has 1 N–H and O–H groups in total. The van der Waals surface area contributed by atoms with Gasteiger partial charge in [-0.2, -0.15) is 0 Å². The van der Waals surface area contributed by atoms with E-state index < -0.39 is 0 Å². The smallest absolute Gasteiger partial charge is 0.261 e. The highest BCUT2D eigenvalue weighted by molar-refractivity contribution is 7.99. The molecule has 29 heavy (non-hydrogen) atoms. The van der Waals surface area contributed by atoms with Gasteiger partial charge in [0.1, 0.15) is 0 Å². The van der Waals surface area contributed by atoms with Gasteiger partial charge in [-0.25, -0.2) is 0 Å². The van der Waals surface area contributed by atoms with Crippen LogP contribution in [0.25, 0.3) is 10.6 Å². The number of ketones is 1. The van der Waals surface area contributed by atoms with Gasteiger partial charge in [0.05, 0.1) is 21.8 Å². The summed E-state index contributed by atoms with van der Waals surface area (Å²) in [6, 6.07) is 0. The second-order valence-electron chi connectivity index (χ2n) is 7.29. The topological polar surface area (TPSA) is 87.3 Å². The first-order chi connectivity index (χ1) is 13.8. The first-order valence-electron chi connectivity index (χ1n) is 9.35. The number of carbonyl (C=O) groups excluding carboxylic acids is 3. The van der Waals surface area contributed by atoms with Crippen molar-refractivity contribution in [3.05, 3.63) is 49.7 Å². The lowest BCUT2D eigenvalue weighted by molar-refractivity contribution is -0.136. The zero-order valence-electron chi connectivity index (χ0n) is 16.1. The molecule has 4 rings (SSSR count). The molecule has 0 radical (unpaired) electrons. The van der Waals surface area contributed by atoms with E-state index in [0.29, 0.717) is 51.0 Å². The Morgan fingerprint density at radius 1 is 1.21 bits per heavy atom. The standard InChI is InChI=1S/C21H19ClN2O4S/c1-10-7-8-14(22)17-15(10)18(26)16(11(2)25)19(23-17)29-9-24-20(27)12-5-3-4-6-13(12)21(24)28/h3,5,23H,4,6-9H2,1-2H3. The van der Waals surface area contributed by atoms with Gasteiger partial charge in [-0.05, 0) is 39.5 Å². The molecule has 3 aliphatic rings. The highest BCUT2D eigenvalue weighted by Gasteiger charge is 2.37. The van der Waals surface area contributed by atoms with Crippen molar-refractivity contribution in [2.45, 2.75) is 44.6 Å². The van der Waals surface area contributed by atoms with E-state index in [1.54, 1.807) is 6.08 Å². The molecule has 1 aromatic rings. The molecule has 8 heteroatoms. The van der Waals surface area contributed by atoms with Crippen molar-refractivity contribution in [3.63, 3.8) is 0 Å². The van der Waals surface area contributed by atoms with Crippen LogP contribution in [0.1, 0.15) is 49.9 Å². The molecule has 0 bridgehead atoms. The Bertz CT molecular complexity index is 1220. The third-order valence-electron chi connectivity index (χ3n) is 5.43. The summed E-state index contributed by atoms with van der Waals surface area (Å²) in [4.78, 5) is 54.8. The molecule has 2 amide bonds. The Kier molecular flexibility index (Phi) is 5.12. The van der Waals surface area contributed by atoms with Gasteiger partial charge >= 0.3 is 0 Å². The zero-order valence-corrected chi connectivity index (χ0v) is 17.6. The molecule has 0 atom stereocenters. The van der Waals surface area contributed by atoms with Crippen molar-refractivity contribution in [2.75, 3.05) is 5.88 Å². The summed E-state index contributed by atoms with van der Waals surface area (Å²) < 4.78 is 0. The predicted octanol–water partition coefficient (Wildman–Crippen LogP) is 1.95. The number of fused-ring (bicyclic) bond motifs is 1. The molecular formula is C21H19ClN2O4S. The fourth-order valence-electron chi connectivity index (χ4n) is 3.90. The van der Waals surface area contributed by atoms with E-state index >= 15 is 0 Å². The average molecular weight is 431 g/mol. The van der Waals surface area contributed by atoms with Gasteiger partial charge in [-0.1, -0.05) is 41.1 Å². The number of rotatable bonds is 4. The van der Waals surface area contributed by atoms with Crippen LogP contribution in [0.5, 0.6) is 0 Å². The van der Waals surface area contributed by atoms with Gasteiger partial charge in [0.2, 0.25) is 5.43 Å². The summed E-state index contributed by atoms with van der Waals surface area (Å²) in [5.41, 5.74) is 1.54. The van der Waals surface area contributed by atoms with Crippen LogP contribution in [0.2, 0.25) is 0 Å². The quantitative estimate of drug-likeness (QED) is 0.448. The number of Topliss-reactive ketones (excluding diaryl/α,β-unsaturated/α-hetero) is 1. The number of nitrogens with zero attached hydrogens (tertiary/aromatic N) is 1. The SMILES string of the molecule is CC(=O)c1c(SCN2C(=O)C3=C(CCC=C3)C2=O)[nH]c2c(c1=O)=C(C)CCC=2Cl. The first kappa shape index (κ1) is 19.9. The number of H-pyrrole nitrogens is 1. The van der Waals surface area contributed by atoms with Gasteiger partial charge in [0, 0.05) is 21.4 Å². The van der Waals surface area contributed by atoms with Crippen LogP contribution >= 0.6 is 23.4 Å². The molecule has 1 aromatic heterocycles. The number of thioether (sulfide) groups is 1. The van der Waals surface area contributed by atoms with Crippen LogP contribution in [-0.2, 0) is 9.59 Å². The van der Waals surface area contributed by atoms with Gasteiger partial charge in [-0.15, -0.1) is 0 Å². The highest BCUT2D eigenvalue weighted by Crippen LogP contribution is 2.31. The Labute approximate surface area is 176 Å². The fourth-order valence-corrected chi connectivity index (χ4v) is 5.18. The largest absolute Gasteiger partial charge is 0.348 e. The summed E-state index contributed by atoms with van der Waals surface area (Å²) >= 11 is 7.44. The third kappa shape index (κ3) is 3.22. The Balaban J connectivity index is 1.73. The van der Waals surface area contributed by atoms with Crippen molar-refractivity contribution in [2.24, 2.45) is 0 Å². The van der Waals surface area contributed by atoms with E-state index in [1.165, 1.54) is 6.92 Å². The molecule has 0 spiro atoms. The van der Waals surface area contributed by atoms with E-state index in [2.05, 4.69) is 4.98 Å². The fraction of sp³-hybridized carbons (Fsp3) is 0.333. The maximum Gasteiger partial charge on any atom is 0.261 e. The van der Waals surface area contributed by atoms with Crippen LogP contribution in [-0.4, -0.2) is 33.4 Å². The third-order valence-corrected chi connectivity index (χ3v) is 6.79. The lowest BCUT2D eigenvalue weighted by atomic mass is 10.00. The Morgan fingerprint density at radius 2 is 1.97 bits per heavy atom. The number of hydrogen-bond acceptors (Lipinski definition) is 5. The van der Waals surface area contributed by atoms with Gasteiger partial charge in [-0.3, -0.25) is 24.1 Å². The second-order valence-corrected chi connectivity index (χ2v) is 8.71. The van der Waals surface area contributed by atoms with Crippen LogP contribution in [0.15, 0.2) is 33.1 Å². The summed E-state index contributed by atoms with van der Waals surface area (Å²) in [6.07, 6.45) is 6.14.